The van der Waals surface area contributed by atoms with Gasteiger partial charge < -0.3 is 10.1 Å². The zero-order valence-electron chi connectivity index (χ0n) is 12.8. The van der Waals surface area contributed by atoms with Crippen LogP contribution in [0.15, 0.2) is 0 Å². The lowest BCUT2D eigenvalue weighted by Crippen LogP contribution is -2.30. The van der Waals surface area contributed by atoms with Crippen molar-refractivity contribution < 1.29 is 13.2 Å². The summed E-state index contributed by atoms with van der Waals surface area (Å²) < 4.78 is 28.2. The second-order valence-corrected chi connectivity index (χ2v) is 7.34. The van der Waals surface area contributed by atoms with Crippen LogP contribution in [0, 0.1) is 0 Å². The molecule has 5 heteroatoms. The van der Waals surface area contributed by atoms with Crippen molar-refractivity contribution in [3.63, 3.8) is 0 Å². The smallest absolute Gasteiger partial charge is 0.150 e. The Balaban J connectivity index is 3.91. The van der Waals surface area contributed by atoms with E-state index in [1.54, 1.807) is 6.92 Å². The zero-order valence-corrected chi connectivity index (χ0v) is 13.6. The van der Waals surface area contributed by atoms with Gasteiger partial charge in [0.2, 0.25) is 0 Å². The maximum absolute atomic E-state index is 11.5. The molecule has 0 saturated carbocycles. The van der Waals surface area contributed by atoms with Gasteiger partial charge in [-0.15, -0.1) is 0 Å². The Kier molecular flexibility index (Phi) is 11.6. The summed E-state index contributed by atoms with van der Waals surface area (Å²) in [6.07, 6.45) is 4.90. The second-order valence-electron chi connectivity index (χ2n) is 4.87. The van der Waals surface area contributed by atoms with E-state index in [4.69, 9.17) is 4.74 Å². The molecular formula is C14H31NO3S. The fraction of sp³-hybridized carbons (Fsp3) is 1.00. The first kappa shape index (κ1) is 18.9. The molecule has 0 aromatic rings. The molecule has 0 aromatic carbocycles. The van der Waals surface area contributed by atoms with Gasteiger partial charge in [-0.25, -0.2) is 8.42 Å². The van der Waals surface area contributed by atoms with Crippen molar-refractivity contribution >= 4 is 9.84 Å². The lowest BCUT2D eigenvalue weighted by atomic mass is 10.1. The third kappa shape index (κ3) is 11.4. The summed E-state index contributed by atoms with van der Waals surface area (Å²) >= 11 is 0. The van der Waals surface area contributed by atoms with Gasteiger partial charge in [0.1, 0.15) is 9.84 Å². The van der Waals surface area contributed by atoms with E-state index in [2.05, 4.69) is 12.2 Å². The third-order valence-corrected chi connectivity index (χ3v) is 4.97. The summed E-state index contributed by atoms with van der Waals surface area (Å²) in [6, 6.07) is 0.424. The Hall–Kier alpha value is -0.130. The molecule has 4 nitrogen and oxygen atoms in total. The first-order valence-electron chi connectivity index (χ1n) is 7.57. The van der Waals surface area contributed by atoms with E-state index in [0.29, 0.717) is 11.8 Å². The van der Waals surface area contributed by atoms with Crippen LogP contribution in [0.3, 0.4) is 0 Å². The average molecular weight is 293 g/mol. The fourth-order valence-corrected chi connectivity index (χ4v) is 2.86. The molecule has 0 spiro atoms. The fourth-order valence-electron chi connectivity index (χ4n) is 1.97. The Morgan fingerprint density at radius 1 is 1.11 bits per heavy atom. The van der Waals surface area contributed by atoms with E-state index < -0.39 is 9.84 Å². The molecule has 116 valence electrons. The molecular weight excluding hydrogens is 262 g/mol. The molecule has 0 radical (unpaired) electrons. The maximum atomic E-state index is 11.5. The van der Waals surface area contributed by atoms with Gasteiger partial charge in [0, 0.05) is 25.0 Å². The van der Waals surface area contributed by atoms with Gasteiger partial charge in [-0.2, -0.15) is 0 Å². The molecule has 0 rings (SSSR count). The summed E-state index contributed by atoms with van der Waals surface area (Å²) in [7, 11) is -2.82. The number of sulfone groups is 1. The van der Waals surface area contributed by atoms with Crippen molar-refractivity contribution in [1.82, 2.24) is 5.32 Å². The quantitative estimate of drug-likeness (QED) is 0.530. The molecule has 0 aromatic heterocycles. The summed E-state index contributed by atoms with van der Waals surface area (Å²) in [6.45, 7) is 8.42. The van der Waals surface area contributed by atoms with Gasteiger partial charge in [-0.05, 0) is 45.6 Å². The van der Waals surface area contributed by atoms with Crippen molar-refractivity contribution in [2.45, 2.75) is 58.9 Å². The molecule has 0 aliphatic heterocycles. The third-order valence-electron chi connectivity index (χ3n) is 3.18. The highest BCUT2D eigenvalue weighted by Gasteiger charge is 2.11. The van der Waals surface area contributed by atoms with Crippen LogP contribution >= 0.6 is 0 Å². The second kappa shape index (κ2) is 11.7. The highest BCUT2D eigenvalue weighted by atomic mass is 32.2. The molecule has 1 atom stereocenters. The average Bonchev–Trinajstić information content (AvgIpc) is 2.40. The van der Waals surface area contributed by atoms with Crippen molar-refractivity contribution in [3.8, 4) is 0 Å². The standard InChI is InChI=1S/C14H31NO3S/c1-4-11-15-14(9-7-12-18-5-2)10-8-13-19(16,17)6-3/h14-15H,4-13H2,1-3H3. The van der Waals surface area contributed by atoms with E-state index in [9.17, 15) is 8.42 Å². The summed E-state index contributed by atoms with van der Waals surface area (Å²) in [5.74, 6) is 0.573. The largest absolute Gasteiger partial charge is 0.382 e. The van der Waals surface area contributed by atoms with Crippen LogP contribution in [-0.4, -0.2) is 45.7 Å². The number of nitrogens with one attached hydrogen (secondary N) is 1. The van der Waals surface area contributed by atoms with E-state index in [0.717, 1.165) is 51.9 Å². The van der Waals surface area contributed by atoms with Crippen LogP contribution < -0.4 is 5.32 Å². The monoisotopic (exact) mass is 293 g/mol. The molecule has 0 fully saturated rings. The van der Waals surface area contributed by atoms with Crippen LogP contribution in [0.5, 0.6) is 0 Å². The van der Waals surface area contributed by atoms with E-state index in [-0.39, 0.29) is 5.75 Å². The van der Waals surface area contributed by atoms with Crippen molar-refractivity contribution in [2.75, 3.05) is 31.3 Å². The summed E-state index contributed by atoms with van der Waals surface area (Å²) in [5, 5.41) is 3.50. The first-order valence-corrected chi connectivity index (χ1v) is 9.39. The topological polar surface area (TPSA) is 55.4 Å². The Morgan fingerprint density at radius 3 is 2.37 bits per heavy atom. The Bertz CT molecular complexity index is 291. The van der Waals surface area contributed by atoms with E-state index in [1.165, 1.54) is 0 Å². The van der Waals surface area contributed by atoms with Crippen molar-refractivity contribution in [3.05, 3.63) is 0 Å². The van der Waals surface area contributed by atoms with Crippen LogP contribution in [0.2, 0.25) is 0 Å². The summed E-state index contributed by atoms with van der Waals surface area (Å²) in [5.41, 5.74) is 0. The molecule has 19 heavy (non-hydrogen) atoms. The minimum absolute atomic E-state index is 0.254. The summed E-state index contributed by atoms with van der Waals surface area (Å²) in [4.78, 5) is 0. The minimum atomic E-state index is -2.82. The maximum Gasteiger partial charge on any atom is 0.150 e. The lowest BCUT2D eigenvalue weighted by molar-refractivity contribution is 0.140. The Labute approximate surface area is 119 Å². The molecule has 0 saturated heterocycles. The molecule has 0 aliphatic rings. The van der Waals surface area contributed by atoms with Gasteiger partial charge in [-0.1, -0.05) is 13.8 Å². The van der Waals surface area contributed by atoms with Gasteiger partial charge in [0.05, 0.1) is 5.75 Å². The van der Waals surface area contributed by atoms with Gasteiger partial charge in [-0.3, -0.25) is 0 Å². The van der Waals surface area contributed by atoms with Gasteiger partial charge in [0.25, 0.3) is 0 Å². The molecule has 0 amide bonds. The van der Waals surface area contributed by atoms with Crippen LogP contribution in [0.4, 0.5) is 0 Å². The van der Waals surface area contributed by atoms with Crippen molar-refractivity contribution in [2.24, 2.45) is 0 Å². The van der Waals surface area contributed by atoms with E-state index in [1.807, 2.05) is 6.92 Å². The van der Waals surface area contributed by atoms with Crippen molar-refractivity contribution in [1.29, 1.82) is 0 Å². The van der Waals surface area contributed by atoms with Crippen LogP contribution in [0.25, 0.3) is 0 Å². The first-order chi connectivity index (χ1) is 9.05. The zero-order chi connectivity index (χ0) is 14.6. The Morgan fingerprint density at radius 2 is 1.79 bits per heavy atom. The predicted molar refractivity (Wildman–Crippen MR) is 81.4 cm³/mol. The van der Waals surface area contributed by atoms with Gasteiger partial charge in [0.15, 0.2) is 0 Å². The minimum Gasteiger partial charge on any atom is -0.382 e. The highest BCUT2D eigenvalue weighted by molar-refractivity contribution is 7.91. The number of rotatable bonds is 13. The number of ether oxygens (including phenoxy) is 1. The molecule has 0 bridgehead atoms. The highest BCUT2D eigenvalue weighted by Crippen LogP contribution is 2.07. The van der Waals surface area contributed by atoms with Crippen LogP contribution in [0.1, 0.15) is 52.9 Å². The molecule has 1 unspecified atom stereocenters. The molecule has 0 aliphatic carbocycles. The van der Waals surface area contributed by atoms with Gasteiger partial charge >= 0.3 is 0 Å². The SMILES string of the molecule is CCCNC(CCCOCC)CCCS(=O)(=O)CC. The predicted octanol–water partition coefficient (Wildman–Crippen LogP) is 2.39. The normalized spacial score (nSPS) is 13.6. The van der Waals surface area contributed by atoms with E-state index >= 15 is 0 Å². The molecule has 1 N–H and O–H groups in total. The number of hydrogen-bond acceptors (Lipinski definition) is 4. The van der Waals surface area contributed by atoms with Crippen LogP contribution in [-0.2, 0) is 14.6 Å². The number of hydrogen-bond donors (Lipinski definition) is 1. The lowest BCUT2D eigenvalue weighted by Gasteiger charge is -2.18. The molecule has 0 heterocycles.